The predicted molar refractivity (Wildman–Crippen MR) is 216 cm³/mol. The zero-order chi connectivity index (χ0) is 34.4. The number of rotatable bonds is 6. The molecule has 2 aromatic heterocycles. The van der Waals surface area contributed by atoms with Crippen LogP contribution in [0.4, 0.5) is 0 Å². The molecule has 0 aliphatic rings. The molecule has 2 heterocycles. The first kappa shape index (κ1) is 29.9. The van der Waals surface area contributed by atoms with E-state index in [1.807, 2.05) is 24.4 Å². The highest BCUT2D eigenvalue weighted by Crippen LogP contribution is 2.43. The van der Waals surface area contributed by atoms with Crippen LogP contribution in [0.25, 0.3) is 99.6 Å². The zero-order valence-corrected chi connectivity index (χ0v) is 28.2. The Morgan fingerprint density at radius 1 is 0.327 bits per heavy atom. The van der Waals surface area contributed by atoms with Gasteiger partial charge in [-0.05, 0) is 78.3 Å². The molecule has 8 aromatic carbocycles. The second-order valence-corrected chi connectivity index (χ2v) is 13.2. The monoisotopic (exact) mass is 661 g/mol. The second-order valence-electron chi connectivity index (χ2n) is 13.2. The summed E-state index contributed by atoms with van der Waals surface area (Å²) >= 11 is 0. The number of benzene rings is 8. The third kappa shape index (κ3) is 5.10. The van der Waals surface area contributed by atoms with Crippen LogP contribution in [-0.2, 0) is 0 Å². The summed E-state index contributed by atoms with van der Waals surface area (Å²) in [7, 11) is 0. The maximum absolute atomic E-state index is 5.26. The molecular weight excluding hydrogens is 631 g/mol. The maximum atomic E-state index is 5.26. The molecule has 0 fully saturated rings. The Bertz CT molecular complexity index is 2880. The van der Waals surface area contributed by atoms with Crippen molar-refractivity contribution in [2.24, 2.45) is 0 Å². The van der Waals surface area contributed by atoms with E-state index in [0.717, 1.165) is 44.8 Å². The van der Waals surface area contributed by atoms with Crippen LogP contribution in [0.3, 0.4) is 0 Å². The van der Waals surface area contributed by atoms with Crippen molar-refractivity contribution < 1.29 is 0 Å². The lowest BCUT2D eigenvalue weighted by Gasteiger charge is -2.17. The average molecular weight is 662 g/mol. The van der Waals surface area contributed by atoms with Crippen molar-refractivity contribution in [2.45, 2.75) is 0 Å². The van der Waals surface area contributed by atoms with Gasteiger partial charge in [0.1, 0.15) is 0 Å². The molecule has 0 spiro atoms. The molecule has 10 aromatic rings. The van der Waals surface area contributed by atoms with Gasteiger partial charge in [-0.2, -0.15) is 0 Å². The van der Waals surface area contributed by atoms with Crippen molar-refractivity contribution in [3.05, 3.63) is 188 Å². The van der Waals surface area contributed by atoms with Crippen LogP contribution >= 0.6 is 0 Å². The highest BCUT2D eigenvalue weighted by Gasteiger charge is 2.17. The molecule has 3 nitrogen and oxygen atoms in total. The smallest absolute Gasteiger partial charge is 0.161 e. The number of hydrogen-bond donors (Lipinski definition) is 0. The van der Waals surface area contributed by atoms with Gasteiger partial charge in [-0.15, -0.1) is 0 Å². The summed E-state index contributed by atoms with van der Waals surface area (Å²) < 4.78 is 0. The fourth-order valence-corrected chi connectivity index (χ4v) is 7.69. The Morgan fingerprint density at radius 2 is 0.865 bits per heavy atom. The fourth-order valence-electron chi connectivity index (χ4n) is 7.69. The Balaban J connectivity index is 1.15. The lowest BCUT2D eigenvalue weighted by atomic mass is 9.87. The molecule has 0 aliphatic heterocycles. The van der Waals surface area contributed by atoms with Crippen LogP contribution in [0.2, 0.25) is 0 Å². The zero-order valence-electron chi connectivity index (χ0n) is 28.2. The van der Waals surface area contributed by atoms with Crippen molar-refractivity contribution in [1.82, 2.24) is 15.0 Å². The lowest BCUT2D eigenvalue weighted by molar-refractivity contribution is 1.18. The van der Waals surface area contributed by atoms with E-state index in [9.17, 15) is 0 Å². The van der Waals surface area contributed by atoms with Crippen molar-refractivity contribution >= 4 is 32.3 Å². The van der Waals surface area contributed by atoms with Crippen LogP contribution in [0.5, 0.6) is 0 Å². The molecule has 0 radical (unpaired) electrons. The quantitative estimate of drug-likeness (QED) is 0.166. The normalized spacial score (nSPS) is 11.5. The predicted octanol–water partition coefficient (Wildman–Crippen LogP) is 12.8. The van der Waals surface area contributed by atoms with E-state index < -0.39 is 0 Å². The van der Waals surface area contributed by atoms with Gasteiger partial charge in [-0.1, -0.05) is 158 Å². The molecule has 3 heteroatoms. The molecule has 52 heavy (non-hydrogen) atoms. The summed E-state index contributed by atoms with van der Waals surface area (Å²) in [6, 6.07) is 62.5. The van der Waals surface area contributed by atoms with E-state index in [1.54, 1.807) is 6.20 Å². The molecule has 0 unspecified atom stereocenters. The first-order valence-corrected chi connectivity index (χ1v) is 17.6. The van der Waals surface area contributed by atoms with Gasteiger partial charge in [0, 0.05) is 34.6 Å². The highest BCUT2D eigenvalue weighted by atomic mass is 14.9. The van der Waals surface area contributed by atoms with Gasteiger partial charge >= 0.3 is 0 Å². The van der Waals surface area contributed by atoms with Gasteiger partial charge in [0.15, 0.2) is 5.82 Å². The van der Waals surface area contributed by atoms with E-state index in [-0.39, 0.29) is 0 Å². The van der Waals surface area contributed by atoms with Gasteiger partial charge in [-0.25, -0.2) is 9.97 Å². The largest absolute Gasteiger partial charge is 0.264 e. The van der Waals surface area contributed by atoms with Gasteiger partial charge < -0.3 is 0 Å². The number of pyridine rings is 1. The Kier molecular flexibility index (Phi) is 7.14. The van der Waals surface area contributed by atoms with Crippen LogP contribution in [-0.4, -0.2) is 15.0 Å². The van der Waals surface area contributed by atoms with Gasteiger partial charge in [0.05, 0.1) is 11.4 Å². The molecule has 0 aliphatic carbocycles. The van der Waals surface area contributed by atoms with Crippen molar-refractivity contribution in [1.29, 1.82) is 0 Å². The molecule has 0 N–H and O–H groups in total. The third-order valence-corrected chi connectivity index (χ3v) is 10.2. The molecule has 0 saturated heterocycles. The van der Waals surface area contributed by atoms with E-state index in [0.29, 0.717) is 5.82 Å². The lowest BCUT2D eigenvalue weighted by Crippen LogP contribution is -1.97. The summed E-state index contributed by atoms with van der Waals surface area (Å²) in [5, 5.41) is 7.65. The van der Waals surface area contributed by atoms with Crippen LogP contribution < -0.4 is 0 Å². The SMILES string of the molecule is c1ccc(-c2cc(-c3cccc(-c4ccc5ccc6c(-c7ccccc7)ccc7ccc4c5c76)c3)nc(-c3ccccc3-c3cccnc3)n2)cc1. The summed E-state index contributed by atoms with van der Waals surface area (Å²) in [4.78, 5) is 14.8. The Hall–Kier alpha value is -6.97. The minimum absolute atomic E-state index is 0.679. The van der Waals surface area contributed by atoms with Crippen molar-refractivity contribution in [2.75, 3.05) is 0 Å². The van der Waals surface area contributed by atoms with Crippen LogP contribution in [0.1, 0.15) is 0 Å². The van der Waals surface area contributed by atoms with Crippen LogP contribution in [0.15, 0.2) is 188 Å². The molecule has 0 amide bonds. The minimum Gasteiger partial charge on any atom is -0.264 e. The summed E-state index contributed by atoms with van der Waals surface area (Å²) in [5.74, 6) is 0.679. The van der Waals surface area contributed by atoms with Crippen molar-refractivity contribution in [3.63, 3.8) is 0 Å². The molecule has 0 saturated carbocycles. The molecular formula is C49H31N3. The first-order valence-electron chi connectivity index (χ1n) is 17.6. The van der Waals surface area contributed by atoms with Crippen LogP contribution in [0, 0.1) is 0 Å². The maximum Gasteiger partial charge on any atom is 0.161 e. The van der Waals surface area contributed by atoms with E-state index in [2.05, 4.69) is 163 Å². The standard InChI is InChI=1S/C49H31N3/c1-3-11-32(12-4-1)40-24-20-34-23-27-43-41(25-21-35-22-26-42(40)47(34)48(35)43)36-15-9-16-37(29-36)46-30-45(33-13-5-2-6-14-33)51-49(52-46)44-19-8-7-18-39(44)38-17-10-28-50-31-38/h1-31H. The van der Waals surface area contributed by atoms with Gasteiger partial charge in [0.2, 0.25) is 0 Å². The second kappa shape index (κ2) is 12.4. The van der Waals surface area contributed by atoms with Gasteiger partial charge in [-0.3, -0.25) is 4.98 Å². The Labute approximate surface area is 301 Å². The average Bonchev–Trinajstić information content (AvgIpc) is 3.23. The Morgan fingerprint density at radius 3 is 1.54 bits per heavy atom. The number of aromatic nitrogens is 3. The van der Waals surface area contributed by atoms with Crippen molar-refractivity contribution in [3.8, 4) is 67.3 Å². The number of nitrogens with zero attached hydrogens (tertiary/aromatic N) is 3. The van der Waals surface area contributed by atoms with Gasteiger partial charge in [0.25, 0.3) is 0 Å². The highest BCUT2D eigenvalue weighted by molar-refractivity contribution is 6.27. The summed E-state index contributed by atoms with van der Waals surface area (Å²) in [5.41, 5.74) is 11.7. The van der Waals surface area contributed by atoms with E-state index >= 15 is 0 Å². The minimum atomic E-state index is 0.679. The first-order chi connectivity index (χ1) is 25.8. The summed E-state index contributed by atoms with van der Waals surface area (Å²) in [6.45, 7) is 0. The topological polar surface area (TPSA) is 38.7 Å². The fraction of sp³-hybridized carbons (Fsp3) is 0. The summed E-state index contributed by atoms with van der Waals surface area (Å²) in [6.07, 6.45) is 3.69. The van der Waals surface area contributed by atoms with E-state index in [4.69, 9.17) is 9.97 Å². The molecule has 0 bridgehead atoms. The molecule has 10 rings (SSSR count). The third-order valence-electron chi connectivity index (χ3n) is 10.2. The molecule has 242 valence electrons. The number of hydrogen-bond acceptors (Lipinski definition) is 3. The molecule has 0 atom stereocenters. The van der Waals surface area contributed by atoms with E-state index in [1.165, 1.54) is 49.0 Å².